The van der Waals surface area contributed by atoms with Gasteiger partial charge in [0.2, 0.25) is 0 Å². The van der Waals surface area contributed by atoms with Crippen LogP contribution in [0.4, 0.5) is 0 Å². The zero-order valence-electron chi connectivity index (χ0n) is 13.4. The minimum absolute atomic E-state index is 0.856. The summed E-state index contributed by atoms with van der Waals surface area (Å²) in [6.07, 6.45) is 3.98. The Balaban J connectivity index is 3.71. The van der Waals surface area contributed by atoms with Gasteiger partial charge in [0.05, 0.1) is 16.1 Å². The second kappa shape index (κ2) is 9.10. The van der Waals surface area contributed by atoms with Gasteiger partial charge in [-0.05, 0) is 19.1 Å². The third-order valence-corrected chi connectivity index (χ3v) is 12.9. The average Bonchev–Trinajstić information content (AvgIpc) is 2.39. The largest absolute Gasteiger partial charge is 0.319 e. The number of hydrogen-bond donors (Lipinski definition) is 1. The maximum Gasteiger partial charge on any atom is 0.0851 e. The molecular weight excluding hydrogens is 250 g/mol. The van der Waals surface area contributed by atoms with E-state index in [0.29, 0.717) is 0 Å². The molecule has 0 atom stereocenters. The first kappa shape index (κ1) is 18.1. The fourth-order valence-corrected chi connectivity index (χ4v) is 7.04. The third-order valence-electron chi connectivity index (χ3n) is 4.69. The normalized spacial score (nSPS) is 12.7. The summed E-state index contributed by atoms with van der Waals surface area (Å²) in [5, 5.41) is 3.62. The minimum atomic E-state index is -1.13. The highest BCUT2D eigenvalue weighted by Crippen LogP contribution is 2.26. The zero-order chi connectivity index (χ0) is 14.1. The van der Waals surface area contributed by atoms with E-state index in [1.54, 1.807) is 6.04 Å². The average molecular weight is 286 g/mol. The van der Waals surface area contributed by atoms with Crippen molar-refractivity contribution in [3.8, 4) is 0 Å². The molecule has 0 spiro atoms. The molecular formula is C15H35NSi2. The summed E-state index contributed by atoms with van der Waals surface area (Å²) in [4.78, 5) is 0. The topological polar surface area (TPSA) is 12.0 Å². The van der Waals surface area contributed by atoms with Crippen molar-refractivity contribution in [3.05, 3.63) is 12.3 Å². The van der Waals surface area contributed by atoms with Gasteiger partial charge in [0.25, 0.3) is 0 Å². The van der Waals surface area contributed by atoms with Crippen LogP contribution < -0.4 is 5.32 Å². The molecule has 18 heavy (non-hydrogen) atoms. The molecule has 0 saturated heterocycles. The highest BCUT2D eigenvalue weighted by atomic mass is 28.3. The second-order valence-corrected chi connectivity index (χ2v) is 16.7. The standard InChI is InChI=1S/C15H35NSi2/c1-7-17(5,6)15-16-13-11-12-14-18(8-2,9-3)10-4/h7,16H,1,8-15H2,2-6H3. The van der Waals surface area contributed by atoms with Gasteiger partial charge in [-0.1, -0.05) is 64.5 Å². The number of hydrogen-bond acceptors (Lipinski definition) is 1. The summed E-state index contributed by atoms with van der Waals surface area (Å²) >= 11 is 0. The summed E-state index contributed by atoms with van der Waals surface area (Å²) < 4.78 is 0. The van der Waals surface area contributed by atoms with Crippen molar-refractivity contribution in [2.75, 3.05) is 12.7 Å². The van der Waals surface area contributed by atoms with Crippen LogP contribution in [0.2, 0.25) is 37.3 Å². The van der Waals surface area contributed by atoms with Crippen LogP contribution in [0, 0.1) is 0 Å². The van der Waals surface area contributed by atoms with E-state index in [2.05, 4.69) is 51.5 Å². The van der Waals surface area contributed by atoms with Crippen LogP contribution in [-0.4, -0.2) is 28.9 Å². The van der Waals surface area contributed by atoms with Gasteiger partial charge in [0.15, 0.2) is 0 Å². The molecule has 0 amide bonds. The van der Waals surface area contributed by atoms with Gasteiger partial charge in [-0.25, -0.2) is 0 Å². The maximum atomic E-state index is 3.94. The van der Waals surface area contributed by atoms with Gasteiger partial charge in [-0.3, -0.25) is 0 Å². The summed E-state index contributed by atoms with van der Waals surface area (Å²) in [5.41, 5.74) is 2.18. The smallest absolute Gasteiger partial charge is 0.0851 e. The van der Waals surface area contributed by atoms with Crippen molar-refractivity contribution in [1.82, 2.24) is 5.32 Å². The molecule has 3 heteroatoms. The van der Waals surface area contributed by atoms with Gasteiger partial charge < -0.3 is 5.32 Å². The Morgan fingerprint density at radius 1 is 1.00 bits per heavy atom. The monoisotopic (exact) mass is 285 g/mol. The molecule has 0 aliphatic rings. The molecule has 1 nitrogen and oxygen atoms in total. The lowest BCUT2D eigenvalue weighted by Gasteiger charge is -2.28. The molecule has 0 saturated carbocycles. The fraction of sp³-hybridized carbons (Fsp3) is 0.867. The van der Waals surface area contributed by atoms with Crippen molar-refractivity contribution in [2.45, 2.75) is 70.9 Å². The van der Waals surface area contributed by atoms with Crippen molar-refractivity contribution in [1.29, 1.82) is 0 Å². The Morgan fingerprint density at radius 2 is 1.56 bits per heavy atom. The Labute approximate surface area is 117 Å². The molecule has 0 aromatic rings. The first-order valence-electron chi connectivity index (χ1n) is 7.79. The minimum Gasteiger partial charge on any atom is -0.319 e. The highest BCUT2D eigenvalue weighted by molar-refractivity contribution is 6.82. The van der Waals surface area contributed by atoms with Crippen molar-refractivity contribution < 1.29 is 0 Å². The molecule has 1 N–H and O–H groups in total. The van der Waals surface area contributed by atoms with E-state index < -0.39 is 16.1 Å². The number of nitrogens with one attached hydrogen (secondary N) is 1. The molecule has 0 aliphatic carbocycles. The summed E-state index contributed by atoms with van der Waals surface area (Å²) in [5.74, 6) is 0. The quantitative estimate of drug-likeness (QED) is 0.423. The SMILES string of the molecule is C=C[Si](C)(C)CNCCCC[Si](CC)(CC)CC. The molecule has 0 aromatic heterocycles. The summed E-state index contributed by atoms with van der Waals surface area (Å²) in [6.45, 7) is 17.1. The summed E-state index contributed by atoms with van der Waals surface area (Å²) in [7, 11) is -1.99. The maximum absolute atomic E-state index is 3.94. The van der Waals surface area contributed by atoms with Crippen LogP contribution in [0.5, 0.6) is 0 Å². The first-order valence-corrected chi connectivity index (χ1v) is 13.9. The zero-order valence-corrected chi connectivity index (χ0v) is 15.4. The number of unbranched alkanes of at least 4 members (excludes halogenated alkanes) is 1. The Hall–Kier alpha value is 0.134. The van der Waals surface area contributed by atoms with Gasteiger partial charge >= 0.3 is 0 Å². The molecule has 0 bridgehead atoms. The van der Waals surface area contributed by atoms with Crippen molar-refractivity contribution >= 4 is 16.1 Å². The molecule has 0 aliphatic heterocycles. The molecule has 0 unspecified atom stereocenters. The van der Waals surface area contributed by atoms with Crippen LogP contribution in [0.1, 0.15) is 33.6 Å². The predicted molar refractivity (Wildman–Crippen MR) is 91.8 cm³/mol. The lowest BCUT2D eigenvalue weighted by Crippen LogP contribution is -2.38. The lowest BCUT2D eigenvalue weighted by molar-refractivity contribution is 0.685. The van der Waals surface area contributed by atoms with Crippen LogP contribution in [0.15, 0.2) is 12.3 Å². The van der Waals surface area contributed by atoms with Gasteiger partial charge in [0, 0.05) is 0 Å². The van der Waals surface area contributed by atoms with E-state index in [0.717, 1.165) is 0 Å². The highest BCUT2D eigenvalue weighted by Gasteiger charge is 2.25. The number of rotatable bonds is 11. The first-order chi connectivity index (χ1) is 8.45. The summed E-state index contributed by atoms with van der Waals surface area (Å²) in [6, 6.07) is 5.97. The lowest BCUT2D eigenvalue weighted by atomic mass is 10.3. The third kappa shape index (κ3) is 6.90. The van der Waals surface area contributed by atoms with Crippen molar-refractivity contribution in [2.24, 2.45) is 0 Å². The predicted octanol–water partition coefficient (Wildman–Crippen LogP) is 4.84. The van der Waals surface area contributed by atoms with Gasteiger partial charge in [-0.15, -0.1) is 12.3 Å². The molecule has 108 valence electrons. The van der Waals surface area contributed by atoms with Gasteiger partial charge in [-0.2, -0.15) is 0 Å². The Bertz CT molecular complexity index is 214. The molecule has 0 rings (SSSR count). The van der Waals surface area contributed by atoms with E-state index in [1.165, 1.54) is 43.7 Å². The van der Waals surface area contributed by atoms with E-state index in [1.807, 2.05) is 0 Å². The van der Waals surface area contributed by atoms with Crippen molar-refractivity contribution in [3.63, 3.8) is 0 Å². The fourth-order valence-electron chi connectivity index (χ4n) is 2.51. The molecule has 0 fully saturated rings. The van der Waals surface area contributed by atoms with Crippen LogP contribution >= 0.6 is 0 Å². The molecule has 0 aromatic carbocycles. The van der Waals surface area contributed by atoms with E-state index in [9.17, 15) is 0 Å². The van der Waals surface area contributed by atoms with Crippen LogP contribution in [0.3, 0.4) is 0 Å². The molecule has 0 heterocycles. The second-order valence-electron chi connectivity index (χ2n) is 6.39. The van der Waals surface area contributed by atoms with Crippen LogP contribution in [-0.2, 0) is 0 Å². The van der Waals surface area contributed by atoms with E-state index >= 15 is 0 Å². The Morgan fingerprint density at radius 3 is 2.00 bits per heavy atom. The van der Waals surface area contributed by atoms with Gasteiger partial charge in [0.1, 0.15) is 0 Å². The Kier molecular flexibility index (Phi) is 9.17. The van der Waals surface area contributed by atoms with E-state index in [4.69, 9.17) is 0 Å². The molecule has 0 radical (unpaired) electrons. The van der Waals surface area contributed by atoms with Crippen LogP contribution in [0.25, 0.3) is 0 Å². The van der Waals surface area contributed by atoms with E-state index in [-0.39, 0.29) is 0 Å².